The summed E-state index contributed by atoms with van der Waals surface area (Å²) < 4.78 is 16.1. The maximum Gasteiger partial charge on any atom is 0.262 e. The number of rotatable bonds is 5. The smallest absolute Gasteiger partial charge is 0.262 e. The van der Waals surface area contributed by atoms with Crippen LogP contribution in [0.4, 0.5) is 4.39 Å². The zero-order valence-corrected chi connectivity index (χ0v) is 13.0. The van der Waals surface area contributed by atoms with Gasteiger partial charge in [-0.15, -0.1) is 16.4 Å². The molecule has 0 fully saturated rings. The SMILES string of the molecule is O=C(NCCCn1ccnn1)c1sc2cccc(F)c2c1Cl. The minimum Gasteiger partial charge on any atom is -0.351 e. The second-order valence-corrected chi connectivity index (χ2v) is 6.06. The molecule has 0 saturated carbocycles. The molecule has 8 heteroatoms. The van der Waals surface area contributed by atoms with Gasteiger partial charge in [0.15, 0.2) is 0 Å². The van der Waals surface area contributed by atoms with Gasteiger partial charge < -0.3 is 5.32 Å². The number of fused-ring (bicyclic) bond motifs is 1. The number of benzene rings is 1. The molecule has 1 amide bonds. The normalized spacial score (nSPS) is 11.0. The highest BCUT2D eigenvalue weighted by Gasteiger charge is 2.18. The number of hydrogen-bond donors (Lipinski definition) is 1. The summed E-state index contributed by atoms with van der Waals surface area (Å²) in [7, 11) is 0. The second-order valence-electron chi connectivity index (χ2n) is 4.63. The highest BCUT2D eigenvalue weighted by Crippen LogP contribution is 2.36. The third-order valence-corrected chi connectivity index (χ3v) is 4.78. The zero-order valence-electron chi connectivity index (χ0n) is 11.4. The summed E-state index contributed by atoms with van der Waals surface area (Å²) in [5, 5.41) is 10.8. The fraction of sp³-hybridized carbons (Fsp3) is 0.214. The minimum absolute atomic E-state index is 0.173. The molecular weight excluding hydrogens is 327 g/mol. The lowest BCUT2D eigenvalue weighted by atomic mass is 10.2. The standard InChI is InChI=1S/C14H12ClFN4OS/c15-12-11-9(16)3-1-4-10(11)22-13(12)14(21)17-5-2-7-20-8-6-18-19-20/h1,3-4,6,8H,2,5,7H2,(H,17,21). The van der Waals surface area contributed by atoms with Crippen LogP contribution in [-0.4, -0.2) is 27.4 Å². The molecule has 0 unspecified atom stereocenters. The first kappa shape index (κ1) is 14.9. The average molecular weight is 339 g/mol. The van der Waals surface area contributed by atoms with Crippen molar-refractivity contribution in [2.45, 2.75) is 13.0 Å². The third kappa shape index (κ3) is 2.95. The first-order valence-electron chi connectivity index (χ1n) is 6.65. The number of nitrogens with zero attached hydrogens (tertiary/aromatic N) is 3. The monoisotopic (exact) mass is 338 g/mol. The fourth-order valence-corrected chi connectivity index (χ4v) is 3.57. The van der Waals surface area contributed by atoms with Gasteiger partial charge in [0.2, 0.25) is 0 Å². The van der Waals surface area contributed by atoms with E-state index in [1.165, 1.54) is 17.4 Å². The van der Waals surface area contributed by atoms with Crippen LogP contribution in [0.15, 0.2) is 30.6 Å². The minimum atomic E-state index is -0.413. The Balaban J connectivity index is 1.65. The number of halogens is 2. The van der Waals surface area contributed by atoms with E-state index in [1.54, 1.807) is 29.2 Å². The van der Waals surface area contributed by atoms with E-state index in [0.29, 0.717) is 34.5 Å². The van der Waals surface area contributed by atoms with Crippen molar-refractivity contribution < 1.29 is 9.18 Å². The lowest BCUT2D eigenvalue weighted by Crippen LogP contribution is -2.24. The Morgan fingerprint density at radius 3 is 3.05 bits per heavy atom. The first-order valence-corrected chi connectivity index (χ1v) is 7.85. The molecular formula is C14H12ClFN4OS. The summed E-state index contributed by atoms with van der Waals surface area (Å²) in [6.07, 6.45) is 4.07. The third-order valence-electron chi connectivity index (χ3n) is 3.13. The Bertz CT molecular complexity index is 803. The summed E-state index contributed by atoms with van der Waals surface area (Å²) in [6.45, 7) is 1.14. The van der Waals surface area contributed by atoms with Gasteiger partial charge in [-0.1, -0.05) is 22.9 Å². The van der Waals surface area contributed by atoms with Gasteiger partial charge in [0.05, 0.1) is 11.2 Å². The molecule has 0 radical (unpaired) electrons. The number of carbonyl (C=O) groups excluding carboxylic acids is 1. The largest absolute Gasteiger partial charge is 0.351 e. The summed E-state index contributed by atoms with van der Waals surface area (Å²) in [5.41, 5.74) is 0. The van der Waals surface area contributed by atoms with Gasteiger partial charge in [0, 0.05) is 29.4 Å². The van der Waals surface area contributed by atoms with Gasteiger partial charge in [-0.25, -0.2) is 4.39 Å². The molecule has 3 aromatic rings. The van der Waals surface area contributed by atoms with Crippen LogP contribution in [0.1, 0.15) is 16.1 Å². The molecule has 2 heterocycles. The van der Waals surface area contributed by atoms with Crippen LogP contribution in [0.3, 0.4) is 0 Å². The van der Waals surface area contributed by atoms with Crippen molar-refractivity contribution in [2.24, 2.45) is 0 Å². The number of carbonyl (C=O) groups is 1. The van der Waals surface area contributed by atoms with Gasteiger partial charge in [0.25, 0.3) is 5.91 Å². The van der Waals surface area contributed by atoms with Crippen LogP contribution in [-0.2, 0) is 6.54 Å². The number of aryl methyl sites for hydroxylation is 1. The molecule has 1 N–H and O–H groups in total. The predicted molar refractivity (Wildman–Crippen MR) is 83.8 cm³/mol. The molecule has 114 valence electrons. The van der Waals surface area contributed by atoms with Crippen LogP contribution < -0.4 is 5.32 Å². The van der Waals surface area contributed by atoms with E-state index in [-0.39, 0.29) is 10.9 Å². The number of nitrogens with one attached hydrogen (secondary N) is 1. The van der Waals surface area contributed by atoms with Crippen LogP contribution in [0.25, 0.3) is 10.1 Å². The van der Waals surface area contributed by atoms with Gasteiger partial charge in [0.1, 0.15) is 10.7 Å². The summed E-state index contributed by atoms with van der Waals surface area (Å²) in [6, 6.07) is 4.68. The van der Waals surface area contributed by atoms with E-state index in [4.69, 9.17) is 11.6 Å². The highest BCUT2D eigenvalue weighted by molar-refractivity contribution is 7.21. The molecule has 0 aliphatic carbocycles. The lowest BCUT2D eigenvalue weighted by molar-refractivity contribution is 0.0957. The molecule has 2 aromatic heterocycles. The molecule has 5 nitrogen and oxygen atoms in total. The summed E-state index contributed by atoms with van der Waals surface area (Å²) >= 11 is 7.33. The Morgan fingerprint density at radius 1 is 1.45 bits per heavy atom. The molecule has 0 saturated heterocycles. The topological polar surface area (TPSA) is 59.8 Å². The van der Waals surface area contributed by atoms with E-state index in [9.17, 15) is 9.18 Å². The van der Waals surface area contributed by atoms with Crippen molar-refractivity contribution >= 4 is 38.9 Å². The molecule has 0 atom stereocenters. The van der Waals surface area contributed by atoms with Crippen molar-refractivity contribution in [1.82, 2.24) is 20.3 Å². The van der Waals surface area contributed by atoms with E-state index >= 15 is 0 Å². The van der Waals surface area contributed by atoms with E-state index in [2.05, 4.69) is 15.6 Å². The maximum atomic E-state index is 13.8. The van der Waals surface area contributed by atoms with Crippen LogP contribution >= 0.6 is 22.9 Å². The maximum absolute atomic E-state index is 13.8. The lowest BCUT2D eigenvalue weighted by Gasteiger charge is -2.04. The van der Waals surface area contributed by atoms with Crippen LogP contribution in [0.2, 0.25) is 5.02 Å². The molecule has 0 spiro atoms. The van der Waals surface area contributed by atoms with Gasteiger partial charge >= 0.3 is 0 Å². The van der Waals surface area contributed by atoms with Crippen molar-refractivity contribution in [3.8, 4) is 0 Å². The quantitative estimate of drug-likeness (QED) is 0.727. The molecule has 3 rings (SSSR count). The van der Waals surface area contributed by atoms with Gasteiger partial charge in [-0.05, 0) is 18.6 Å². The molecule has 22 heavy (non-hydrogen) atoms. The summed E-state index contributed by atoms with van der Waals surface area (Å²) in [4.78, 5) is 12.5. The predicted octanol–water partition coefficient (Wildman–Crippen LogP) is 3.11. The Hall–Kier alpha value is -1.99. The second kappa shape index (κ2) is 6.41. The van der Waals surface area contributed by atoms with Crippen molar-refractivity contribution in [1.29, 1.82) is 0 Å². The number of aromatic nitrogens is 3. The van der Waals surface area contributed by atoms with Crippen molar-refractivity contribution in [3.05, 3.63) is 46.3 Å². The highest BCUT2D eigenvalue weighted by atomic mass is 35.5. The zero-order chi connectivity index (χ0) is 15.5. The van der Waals surface area contributed by atoms with Gasteiger partial charge in [-0.3, -0.25) is 9.48 Å². The average Bonchev–Trinajstić information content (AvgIpc) is 3.12. The van der Waals surface area contributed by atoms with E-state index in [1.807, 2.05) is 0 Å². The van der Waals surface area contributed by atoms with Crippen LogP contribution in [0, 0.1) is 5.82 Å². The van der Waals surface area contributed by atoms with Crippen LogP contribution in [0.5, 0.6) is 0 Å². The van der Waals surface area contributed by atoms with E-state index < -0.39 is 5.82 Å². The molecule has 0 aliphatic heterocycles. The Morgan fingerprint density at radius 2 is 2.32 bits per heavy atom. The fourth-order valence-electron chi connectivity index (χ4n) is 2.09. The molecule has 0 bridgehead atoms. The van der Waals surface area contributed by atoms with E-state index in [0.717, 1.165) is 0 Å². The number of hydrogen-bond acceptors (Lipinski definition) is 4. The Labute approximate surface area is 134 Å². The first-order chi connectivity index (χ1) is 10.7. The van der Waals surface area contributed by atoms with Crippen molar-refractivity contribution in [2.75, 3.05) is 6.54 Å². The molecule has 1 aromatic carbocycles. The Kier molecular flexibility index (Phi) is 4.35. The number of thiophene rings is 1. The van der Waals surface area contributed by atoms with Crippen molar-refractivity contribution in [3.63, 3.8) is 0 Å². The summed E-state index contributed by atoms with van der Waals surface area (Å²) in [5.74, 6) is -0.701. The van der Waals surface area contributed by atoms with Gasteiger partial charge in [-0.2, -0.15) is 0 Å². The molecule has 0 aliphatic rings. The number of amides is 1.